The van der Waals surface area contributed by atoms with Gasteiger partial charge >= 0.3 is 7.48 Å². The smallest absolute Gasteiger partial charge is 0.330 e. The molecule has 0 fully saturated rings. The molecule has 5 heteroatoms. The zero-order valence-corrected chi connectivity index (χ0v) is 16.9. The summed E-state index contributed by atoms with van der Waals surface area (Å²) < 4.78 is 11.9. The maximum atomic E-state index is 10.2. The van der Waals surface area contributed by atoms with Crippen molar-refractivity contribution in [2.75, 3.05) is 5.73 Å². The second-order valence-electron chi connectivity index (χ2n) is 8.04. The fraction of sp³-hybridized carbons (Fsp3) is 0.304. The quantitative estimate of drug-likeness (QED) is 0.486. The Balaban J connectivity index is 1.72. The van der Waals surface area contributed by atoms with Gasteiger partial charge < -0.3 is 20.2 Å². The highest BCUT2D eigenvalue weighted by atomic mass is 16.5. The van der Waals surface area contributed by atoms with Crippen LogP contribution in [0.3, 0.4) is 0 Å². The molecule has 0 atom stereocenters. The van der Waals surface area contributed by atoms with Gasteiger partial charge in [-0.3, -0.25) is 0 Å². The van der Waals surface area contributed by atoms with Crippen LogP contribution in [0.4, 0.5) is 5.69 Å². The summed E-state index contributed by atoms with van der Waals surface area (Å²) in [7, 11) is 1.67. The van der Waals surface area contributed by atoms with Gasteiger partial charge in [0.25, 0.3) is 0 Å². The second kappa shape index (κ2) is 7.86. The number of ether oxygens (including phenoxy) is 1. The highest BCUT2D eigenvalue weighted by Gasteiger charge is 2.35. The first kappa shape index (κ1) is 20.2. The van der Waals surface area contributed by atoms with Crippen LogP contribution < -0.4 is 15.9 Å². The Bertz CT molecular complexity index is 963. The lowest BCUT2D eigenvalue weighted by molar-refractivity contribution is -0.0893. The molecule has 1 radical (unpaired) electrons. The normalized spacial score (nSPS) is 12.2. The average Bonchev–Trinajstić information content (AvgIpc) is 2.65. The topological polar surface area (TPSA) is 64.7 Å². The highest BCUT2D eigenvalue weighted by molar-refractivity contribution is 6.47. The Morgan fingerprint density at radius 3 is 2.46 bits per heavy atom. The number of hydrogen-bond acceptors (Lipinski definition) is 4. The SMILES string of the molecule is CC(C)(O)C(C)(C)O[B]c1cccc(COc2c(N)ccc3ccccc23)c1. The molecule has 0 aliphatic rings. The van der Waals surface area contributed by atoms with Gasteiger partial charge in [0.2, 0.25) is 0 Å². The van der Waals surface area contributed by atoms with Gasteiger partial charge in [-0.1, -0.05) is 60.1 Å². The van der Waals surface area contributed by atoms with E-state index in [1.54, 1.807) is 21.3 Å². The molecule has 0 bridgehead atoms. The second-order valence-corrected chi connectivity index (χ2v) is 8.04. The van der Waals surface area contributed by atoms with Crippen LogP contribution in [0, 0.1) is 0 Å². The number of benzene rings is 3. The summed E-state index contributed by atoms with van der Waals surface area (Å²) >= 11 is 0. The first-order chi connectivity index (χ1) is 13.2. The van der Waals surface area contributed by atoms with E-state index in [1.165, 1.54) is 0 Å². The van der Waals surface area contributed by atoms with E-state index in [9.17, 15) is 5.11 Å². The summed E-state index contributed by atoms with van der Waals surface area (Å²) in [6.07, 6.45) is 0. The van der Waals surface area contributed by atoms with Crippen LogP contribution in [0.1, 0.15) is 33.3 Å². The molecule has 0 saturated heterocycles. The standard InChI is InChI=1S/C23H27BNO3/c1-22(2,26)23(3,4)28-24-18-10-7-8-16(14-18)15-27-21-19-11-6-5-9-17(19)12-13-20(21)25/h5-14,26H,15,25H2,1-4H3. The van der Waals surface area contributed by atoms with Crippen molar-refractivity contribution in [1.29, 1.82) is 0 Å². The van der Waals surface area contributed by atoms with Gasteiger partial charge in [0, 0.05) is 5.39 Å². The van der Waals surface area contributed by atoms with Crippen molar-refractivity contribution in [3.05, 3.63) is 66.2 Å². The number of nitrogens with two attached hydrogens (primary N) is 1. The first-order valence-electron chi connectivity index (χ1n) is 9.40. The molecule has 0 amide bonds. The van der Waals surface area contributed by atoms with E-state index >= 15 is 0 Å². The predicted octanol–water partition coefficient (Wildman–Crippen LogP) is 3.81. The van der Waals surface area contributed by atoms with Crippen molar-refractivity contribution >= 4 is 29.4 Å². The van der Waals surface area contributed by atoms with Crippen molar-refractivity contribution in [3.8, 4) is 5.75 Å². The summed E-state index contributed by atoms with van der Waals surface area (Å²) in [5, 5.41) is 12.3. The maximum Gasteiger partial charge on any atom is 0.330 e. The Kier molecular flexibility index (Phi) is 5.68. The Morgan fingerprint density at radius 2 is 1.71 bits per heavy atom. The first-order valence-corrected chi connectivity index (χ1v) is 9.40. The molecule has 0 aliphatic carbocycles. The third-order valence-electron chi connectivity index (χ3n) is 5.21. The molecule has 0 spiro atoms. The number of rotatable bonds is 7. The summed E-state index contributed by atoms with van der Waals surface area (Å²) in [4.78, 5) is 0. The van der Waals surface area contributed by atoms with Gasteiger partial charge in [-0.2, -0.15) is 0 Å². The van der Waals surface area contributed by atoms with E-state index in [0.29, 0.717) is 18.0 Å². The summed E-state index contributed by atoms with van der Waals surface area (Å²) in [5.41, 5.74) is 7.00. The fourth-order valence-electron chi connectivity index (χ4n) is 2.69. The zero-order valence-electron chi connectivity index (χ0n) is 16.9. The van der Waals surface area contributed by atoms with Crippen LogP contribution in [0.15, 0.2) is 60.7 Å². The lowest BCUT2D eigenvalue weighted by Crippen LogP contribution is -2.49. The number of nitrogen functional groups attached to an aromatic ring is 1. The summed E-state index contributed by atoms with van der Waals surface area (Å²) in [6.45, 7) is 7.59. The van der Waals surface area contributed by atoms with Crippen LogP contribution in [0.25, 0.3) is 10.8 Å². The minimum atomic E-state index is -0.962. The van der Waals surface area contributed by atoms with Crippen molar-refractivity contribution in [1.82, 2.24) is 0 Å². The van der Waals surface area contributed by atoms with E-state index in [4.69, 9.17) is 15.1 Å². The number of aliphatic hydroxyl groups is 1. The predicted molar refractivity (Wildman–Crippen MR) is 116 cm³/mol. The van der Waals surface area contributed by atoms with E-state index < -0.39 is 11.2 Å². The number of anilines is 1. The third kappa shape index (κ3) is 4.49. The van der Waals surface area contributed by atoms with E-state index in [-0.39, 0.29) is 0 Å². The average molecular weight is 376 g/mol. The molecular weight excluding hydrogens is 349 g/mol. The van der Waals surface area contributed by atoms with Crippen molar-refractivity contribution in [3.63, 3.8) is 0 Å². The summed E-state index contributed by atoms with van der Waals surface area (Å²) in [5.74, 6) is 0.701. The van der Waals surface area contributed by atoms with Crippen LogP contribution in [-0.2, 0) is 11.3 Å². The van der Waals surface area contributed by atoms with Crippen molar-refractivity contribution < 1.29 is 14.5 Å². The monoisotopic (exact) mass is 376 g/mol. The molecule has 3 N–H and O–H groups in total. The largest absolute Gasteiger partial charge is 0.486 e. The number of hydrogen-bond donors (Lipinski definition) is 2. The van der Waals surface area contributed by atoms with Crippen molar-refractivity contribution in [2.45, 2.75) is 45.5 Å². The Morgan fingerprint density at radius 1 is 0.964 bits per heavy atom. The lowest BCUT2D eigenvalue weighted by Gasteiger charge is -2.37. The van der Waals surface area contributed by atoms with Gasteiger partial charge in [-0.05, 0) is 44.7 Å². The molecule has 0 aliphatic heterocycles. The molecule has 0 saturated carbocycles. The minimum Gasteiger partial charge on any atom is -0.486 e. The molecule has 3 rings (SSSR count). The molecule has 145 valence electrons. The molecule has 0 heterocycles. The maximum absolute atomic E-state index is 10.2. The van der Waals surface area contributed by atoms with Crippen LogP contribution in [0.5, 0.6) is 5.75 Å². The molecule has 28 heavy (non-hydrogen) atoms. The van der Waals surface area contributed by atoms with E-state index in [0.717, 1.165) is 21.8 Å². The van der Waals surface area contributed by atoms with Gasteiger partial charge in [-0.25, -0.2) is 0 Å². The highest BCUT2D eigenvalue weighted by Crippen LogP contribution is 2.32. The van der Waals surface area contributed by atoms with Crippen LogP contribution in [0.2, 0.25) is 0 Å². The molecule has 0 aromatic heterocycles. The number of fused-ring (bicyclic) bond motifs is 1. The molecule has 0 unspecified atom stereocenters. The van der Waals surface area contributed by atoms with E-state index in [1.807, 2.05) is 74.5 Å². The van der Waals surface area contributed by atoms with E-state index in [2.05, 4.69) is 0 Å². The van der Waals surface area contributed by atoms with Gasteiger partial charge in [0.15, 0.2) is 5.75 Å². The van der Waals surface area contributed by atoms with Gasteiger partial charge in [-0.15, -0.1) is 0 Å². The zero-order chi connectivity index (χ0) is 20.4. The van der Waals surface area contributed by atoms with Gasteiger partial charge in [0.1, 0.15) is 6.61 Å². The molecule has 3 aromatic rings. The van der Waals surface area contributed by atoms with Crippen molar-refractivity contribution in [2.24, 2.45) is 0 Å². The lowest BCUT2D eigenvalue weighted by atomic mass is 9.82. The van der Waals surface area contributed by atoms with Crippen LogP contribution >= 0.6 is 0 Å². The van der Waals surface area contributed by atoms with Gasteiger partial charge in [0.05, 0.1) is 16.9 Å². The molecular formula is C23H27BNO3. The molecule has 3 aromatic carbocycles. The Hall–Kier alpha value is -2.50. The van der Waals surface area contributed by atoms with Crippen LogP contribution in [-0.4, -0.2) is 23.8 Å². The summed E-state index contributed by atoms with van der Waals surface area (Å²) in [6, 6.07) is 19.8. The Labute approximate surface area is 167 Å². The minimum absolute atomic E-state index is 0.398. The molecule has 4 nitrogen and oxygen atoms in total. The fourth-order valence-corrected chi connectivity index (χ4v) is 2.69. The third-order valence-corrected chi connectivity index (χ3v) is 5.21.